The summed E-state index contributed by atoms with van der Waals surface area (Å²) >= 11 is 0. The van der Waals surface area contributed by atoms with E-state index in [0.29, 0.717) is 6.10 Å². The van der Waals surface area contributed by atoms with Gasteiger partial charge in [-0.05, 0) is 38.3 Å². The van der Waals surface area contributed by atoms with Gasteiger partial charge < -0.3 is 15.4 Å². The van der Waals surface area contributed by atoms with Gasteiger partial charge in [0.1, 0.15) is 0 Å². The highest BCUT2D eigenvalue weighted by molar-refractivity contribution is 6.01. The summed E-state index contributed by atoms with van der Waals surface area (Å²) in [6.07, 6.45) is 10.9. The molecule has 1 aromatic heterocycles. The van der Waals surface area contributed by atoms with Crippen LogP contribution in [0.5, 0.6) is 0 Å². The van der Waals surface area contributed by atoms with E-state index in [0.717, 1.165) is 42.3 Å². The number of urea groups is 1. The predicted molar refractivity (Wildman–Crippen MR) is 103 cm³/mol. The molecule has 1 heterocycles. The Morgan fingerprint density at radius 1 is 1.27 bits per heavy atom. The van der Waals surface area contributed by atoms with Crippen molar-refractivity contribution in [3.05, 3.63) is 36.7 Å². The third kappa shape index (κ3) is 3.05. The van der Waals surface area contributed by atoms with Crippen molar-refractivity contribution in [2.75, 3.05) is 11.9 Å². The van der Waals surface area contributed by atoms with E-state index in [2.05, 4.69) is 22.5 Å². The monoisotopic (exact) mass is 353 g/mol. The molecule has 0 unspecified atom stereocenters. The molecule has 2 aliphatic carbocycles. The third-order valence-electron chi connectivity index (χ3n) is 6.17. The molecule has 1 aromatic carbocycles. The Labute approximate surface area is 154 Å². The van der Waals surface area contributed by atoms with Crippen LogP contribution in [0.25, 0.3) is 10.8 Å². The normalized spacial score (nSPS) is 24.2. The van der Waals surface area contributed by atoms with Crippen LogP contribution < -0.4 is 10.6 Å². The molecule has 0 bridgehead atoms. The van der Waals surface area contributed by atoms with Gasteiger partial charge in [0.2, 0.25) is 0 Å². The second kappa shape index (κ2) is 7.23. The Kier molecular flexibility index (Phi) is 4.81. The number of anilines is 1. The molecule has 0 radical (unpaired) electrons. The summed E-state index contributed by atoms with van der Waals surface area (Å²) in [5.41, 5.74) is 0.953. The van der Waals surface area contributed by atoms with Crippen LogP contribution in [-0.2, 0) is 4.74 Å². The summed E-state index contributed by atoms with van der Waals surface area (Å²) in [7, 11) is 0. The van der Waals surface area contributed by atoms with Crippen molar-refractivity contribution in [1.82, 2.24) is 10.3 Å². The molecule has 0 saturated heterocycles. The number of nitrogens with zero attached hydrogens (tertiary/aromatic N) is 1. The zero-order valence-corrected chi connectivity index (χ0v) is 15.3. The Bertz CT molecular complexity index is 780. The molecule has 1 spiro atoms. The van der Waals surface area contributed by atoms with Crippen molar-refractivity contribution >= 4 is 22.5 Å². The maximum absolute atomic E-state index is 12.7. The molecule has 2 aromatic rings. The van der Waals surface area contributed by atoms with Gasteiger partial charge in [-0.1, -0.05) is 31.4 Å². The van der Waals surface area contributed by atoms with E-state index in [1.54, 1.807) is 6.20 Å². The topological polar surface area (TPSA) is 63.2 Å². The smallest absolute Gasteiger partial charge is 0.319 e. The number of hydrogen-bond acceptors (Lipinski definition) is 3. The van der Waals surface area contributed by atoms with Crippen LogP contribution in [-0.4, -0.2) is 29.8 Å². The van der Waals surface area contributed by atoms with Gasteiger partial charge in [-0.2, -0.15) is 0 Å². The van der Waals surface area contributed by atoms with Gasteiger partial charge in [0, 0.05) is 41.2 Å². The van der Waals surface area contributed by atoms with Crippen molar-refractivity contribution in [3.63, 3.8) is 0 Å². The maximum Gasteiger partial charge on any atom is 0.319 e. The summed E-state index contributed by atoms with van der Waals surface area (Å²) < 4.78 is 5.98. The summed E-state index contributed by atoms with van der Waals surface area (Å²) in [6, 6.07) is 7.89. The molecule has 138 valence electrons. The number of amides is 2. The Morgan fingerprint density at radius 2 is 2.12 bits per heavy atom. The number of carbonyl (C=O) groups is 1. The Balaban J connectivity index is 1.46. The average Bonchev–Trinajstić information content (AvgIpc) is 2.68. The molecule has 2 aliphatic rings. The fraction of sp³-hybridized carbons (Fsp3) is 0.524. The van der Waals surface area contributed by atoms with Crippen LogP contribution in [0.4, 0.5) is 10.5 Å². The van der Waals surface area contributed by atoms with Gasteiger partial charge in [0.25, 0.3) is 0 Å². The van der Waals surface area contributed by atoms with Gasteiger partial charge in [-0.25, -0.2) is 4.79 Å². The number of pyridine rings is 1. The van der Waals surface area contributed by atoms with Crippen molar-refractivity contribution in [2.24, 2.45) is 5.41 Å². The Hall–Kier alpha value is -2.14. The molecule has 5 heteroatoms. The van der Waals surface area contributed by atoms with E-state index in [9.17, 15) is 4.79 Å². The van der Waals surface area contributed by atoms with E-state index >= 15 is 0 Å². The molecule has 2 amide bonds. The number of benzene rings is 1. The van der Waals surface area contributed by atoms with Crippen LogP contribution in [0, 0.1) is 5.41 Å². The van der Waals surface area contributed by atoms with Gasteiger partial charge in [0.05, 0.1) is 11.8 Å². The molecule has 5 nitrogen and oxygen atoms in total. The molecule has 4 rings (SSSR count). The number of ether oxygens (including phenoxy) is 1. The van der Waals surface area contributed by atoms with Gasteiger partial charge in [-0.3, -0.25) is 4.98 Å². The third-order valence-corrected chi connectivity index (χ3v) is 6.17. The number of hydrogen-bond donors (Lipinski definition) is 2. The average molecular weight is 353 g/mol. The lowest BCUT2D eigenvalue weighted by atomic mass is 9.55. The van der Waals surface area contributed by atoms with Crippen LogP contribution in [0.3, 0.4) is 0 Å². The highest BCUT2D eigenvalue weighted by Gasteiger charge is 2.56. The number of rotatable bonds is 4. The lowest BCUT2D eigenvalue weighted by Gasteiger charge is -2.57. The quantitative estimate of drug-likeness (QED) is 0.851. The second-order valence-electron chi connectivity index (χ2n) is 7.53. The molecular formula is C21H27N3O2. The minimum Gasteiger partial charge on any atom is -0.378 e. The molecular weight excluding hydrogens is 326 g/mol. The molecule has 2 saturated carbocycles. The first-order chi connectivity index (χ1) is 12.7. The number of aromatic nitrogens is 1. The minimum atomic E-state index is -0.126. The lowest BCUT2D eigenvalue weighted by molar-refractivity contribution is -0.146. The van der Waals surface area contributed by atoms with Gasteiger partial charge in [0.15, 0.2) is 0 Å². The fourth-order valence-electron chi connectivity index (χ4n) is 4.81. The highest BCUT2D eigenvalue weighted by Crippen LogP contribution is 2.53. The SMILES string of the molecule is CCO[C@@H]1C[C@@H](NC(=O)Nc2cccc3cnccc23)C12CCCCC2. The standard InChI is InChI=1S/C21H27N3O2/c1-2-26-19-13-18(21(19)10-4-3-5-11-21)24-20(25)23-17-8-6-7-15-14-22-12-9-16(15)17/h6-9,12,14,18-19H,2-5,10-11,13H2,1H3,(H2,23,24,25)/t18-,19-/m1/s1. The number of nitrogens with one attached hydrogen (secondary N) is 2. The van der Waals surface area contributed by atoms with Crippen molar-refractivity contribution in [2.45, 2.75) is 57.6 Å². The van der Waals surface area contributed by atoms with E-state index in [1.807, 2.05) is 30.5 Å². The zero-order chi connectivity index (χ0) is 18.0. The molecule has 2 N–H and O–H groups in total. The predicted octanol–water partition coefficient (Wildman–Crippen LogP) is 4.48. The van der Waals surface area contributed by atoms with Crippen molar-refractivity contribution < 1.29 is 9.53 Å². The maximum atomic E-state index is 12.7. The lowest BCUT2D eigenvalue weighted by Crippen LogP contribution is -2.65. The van der Waals surface area contributed by atoms with Crippen LogP contribution in [0.1, 0.15) is 45.4 Å². The minimum absolute atomic E-state index is 0.126. The van der Waals surface area contributed by atoms with Crippen LogP contribution >= 0.6 is 0 Å². The molecule has 2 fully saturated rings. The first-order valence-electron chi connectivity index (χ1n) is 9.75. The summed E-state index contributed by atoms with van der Waals surface area (Å²) in [6.45, 7) is 2.80. The van der Waals surface area contributed by atoms with Crippen molar-refractivity contribution in [3.8, 4) is 0 Å². The zero-order valence-electron chi connectivity index (χ0n) is 15.3. The molecule has 2 atom stereocenters. The highest BCUT2D eigenvalue weighted by atomic mass is 16.5. The van der Waals surface area contributed by atoms with Gasteiger partial charge in [-0.15, -0.1) is 0 Å². The summed E-state index contributed by atoms with van der Waals surface area (Å²) in [5.74, 6) is 0. The van der Waals surface area contributed by atoms with E-state index in [-0.39, 0.29) is 17.5 Å². The first kappa shape index (κ1) is 17.3. The van der Waals surface area contributed by atoms with Crippen molar-refractivity contribution in [1.29, 1.82) is 0 Å². The van der Waals surface area contributed by atoms with Gasteiger partial charge >= 0.3 is 6.03 Å². The fourth-order valence-corrected chi connectivity index (χ4v) is 4.81. The number of fused-ring (bicyclic) bond motifs is 1. The Morgan fingerprint density at radius 3 is 2.92 bits per heavy atom. The van der Waals surface area contributed by atoms with Crippen LogP contribution in [0.15, 0.2) is 36.7 Å². The largest absolute Gasteiger partial charge is 0.378 e. The molecule has 0 aliphatic heterocycles. The second-order valence-corrected chi connectivity index (χ2v) is 7.53. The molecule has 26 heavy (non-hydrogen) atoms. The van der Waals surface area contributed by atoms with Crippen LogP contribution in [0.2, 0.25) is 0 Å². The van der Waals surface area contributed by atoms with E-state index in [4.69, 9.17) is 4.74 Å². The number of carbonyl (C=O) groups excluding carboxylic acids is 1. The summed E-state index contributed by atoms with van der Waals surface area (Å²) in [5, 5.41) is 8.29. The van der Waals surface area contributed by atoms with E-state index < -0.39 is 0 Å². The first-order valence-corrected chi connectivity index (χ1v) is 9.75. The van der Waals surface area contributed by atoms with E-state index in [1.165, 1.54) is 19.3 Å². The summed E-state index contributed by atoms with van der Waals surface area (Å²) in [4.78, 5) is 16.8.